The van der Waals surface area contributed by atoms with Crippen LogP contribution in [0.3, 0.4) is 0 Å². The summed E-state index contributed by atoms with van der Waals surface area (Å²) < 4.78 is 0. The SMILES string of the molecule is C=C=C1CC(C)(C)C[C@H]2C3=CC[C@@H]4[C@@]5(C)CCC[C@@H](O)[C@@H]5CC[C@@]4(C)[C@]3(C)CC[C@@]12C. The second-order valence-corrected chi connectivity index (χ2v) is 14.0. The van der Waals surface area contributed by atoms with Crippen molar-refractivity contribution < 1.29 is 5.11 Å². The largest absolute Gasteiger partial charge is 0.393 e. The highest BCUT2D eigenvalue weighted by Gasteiger charge is 2.66. The molecule has 0 bridgehead atoms. The zero-order valence-electron chi connectivity index (χ0n) is 21.1. The van der Waals surface area contributed by atoms with E-state index in [4.69, 9.17) is 0 Å². The first-order valence-electron chi connectivity index (χ1n) is 13.2. The van der Waals surface area contributed by atoms with Gasteiger partial charge in [0.05, 0.1) is 6.10 Å². The van der Waals surface area contributed by atoms with Crippen molar-refractivity contribution in [1.29, 1.82) is 0 Å². The lowest BCUT2D eigenvalue weighted by atomic mass is 9.35. The molecule has 0 saturated heterocycles. The van der Waals surface area contributed by atoms with Gasteiger partial charge in [-0.1, -0.05) is 66.2 Å². The zero-order valence-corrected chi connectivity index (χ0v) is 21.1. The van der Waals surface area contributed by atoms with Crippen LogP contribution in [0.5, 0.6) is 0 Å². The number of hydrogen-bond acceptors (Lipinski definition) is 1. The van der Waals surface area contributed by atoms with E-state index in [-0.39, 0.29) is 16.9 Å². The molecule has 0 radical (unpaired) electrons. The van der Waals surface area contributed by atoms with Gasteiger partial charge in [0.2, 0.25) is 0 Å². The van der Waals surface area contributed by atoms with Gasteiger partial charge in [0.1, 0.15) is 0 Å². The summed E-state index contributed by atoms with van der Waals surface area (Å²) in [6, 6.07) is 0. The van der Waals surface area contributed by atoms with E-state index >= 15 is 0 Å². The van der Waals surface area contributed by atoms with E-state index in [9.17, 15) is 5.11 Å². The number of aliphatic hydroxyl groups excluding tert-OH is 1. The lowest BCUT2D eigenvalue weighted by molar-refractivity contribution is -0.174. The fourth-order valence-corrected chi connectivity index (χ4v) is 10.1. The molecule has 0 spiro atoms. The van der Waals surface area contributed by atoms with E-state index in [0.29, 0.717) is 34.0 Å². The van der Waals surface area contributed by atoms with Crippen molar-refractivity contribution >= 4 is 0 Å². The minimum atomic E-state index is -0.0736. The highest BCUT2D eigenvalue weighted by molar-refractivity contribution is 5.37. The summed E-state index contributed by atoms with van der Waals surface area (Å²) in [4.78, 5) is 0. The molecule has 0 aliphatic heterocycles. The minimum absolute atomic E-state index is 0.0736. The van der Waals surface area contributed by atoms with Crippen LogP contribution in [-0.4, -0.2) is 11.2 Å². The molecule has 0 amide bonds. The Balaban J connectivity index is 1.61. The van der Waals surface area contributed by atoms with E-state index in [1.165, 1.54) is 56.9 Å². The Morgan fingerprint density at radius 1 is 1.00 bits per heavy atom. The smallest absolute Gasteiger partial charge is 0.0573 e. The summed E-state index contributed by atoms with van der Waals surface area (Å²) in [7, 11) is 0. The van der Waals surface area contributed by atoms with Crippen molar-refractivity contribution in [1.82, 2.24) is 0 Å². The number of aliphatic hydroxyl groups is 1. The minimum Gasteiger partial charge on any atom is -0.393 e. The predicted octanol–water partition coefficient (Wildman–Crippen LogP) is 7.85. The van der Waals surface area contributed by atoms with Gasteiger partial charge >= 0.3 is 0 Å². The van der Waals surface area contributed by atoms with Gasteiger partial charge in [-0.05, 0) is 103 Å². The van der Waals surface area contributed by atoms with Gasteiger partial charge < -0.3 is 5.11 Å². The number of fused-ring (bicyclic) bond motifs is 7. The van der Waals surface area contributed by atoms with Gasteiger partial charge in [0, 0.05) is 5.41 Å². The second kappa shape index (κ2) is 6.64. The number of rotatable bonds is 0. The predicted molar refractivity (Wildman–Crippen MR) is 130 cm³/mol. The van der Waals surface area contributed by atoms with Crippen LogP contribution in [0.15, 0.2) is 29.5 Å². The van der Waals surface area contributed by atoms with Crippen molar-refractivity contribution in [3.8, 4) is 0 Å². The quantitative estimate of drug-likeness (QED) is 0.311. The maximum Gasteiger partial charge on any atom is 0.0573 e. The average Bonchev–Trinajstić information content (AvgIpc) is 2.69. The van der Waals surface area contributed by atoms with Crippen molar-refractivity contribution in [2.24, 2.45) is 44.8 Å². The third kappa shape index (κ3) is 2.72. The molecule has 5 rings (SSSR count). The summed E-state index contributed by atoms with van der Waals surface area (Å²) in [6.45, 7) is 19.5. The van der Waals surface area contributed by atoms with Crippen LogP contribution in [-0.2, 0) is 0 Å². The molecule has 0 aromatic rings. The summed E-state index contributed by atoms with van der Waals surface area (Å²) in [6.07, 6.45) is 15.0. The molecule has 31 heavy (non-hydrogen) atoms. The molecule has 5 aliphatic carbocycles. The van der Waals surface area contributed by atoms with Crippen LogP contribution in [0.1, 0.15) is 106 Å². The van der Waals surface area contributed by atoms with Gasteiger partial charge in [-0.3, -0.25) is 0 Å². The highest BCUT2D eigenvalue weighted by Crippen LogP contribution is 2.74. The molecule has 1 nitrogen and oxygen atoms in total. The van der Waals surface area contributed by atoms with E-state index in [1.54, 1.807) is 5.57 Å². The molecule has 0 heterocycles. The fourth-order valence-electron chi connectivity index (χ4n) is 10.1. The summed E-state index contributed by atoms with van der Waals surface area (Å²) in [5.74, 6) is 1.85. The maximum absolute atomic E-state index is 10.9. The van der Waals surface area contributed by atoms with Gasteiger partial charge in [0.25, 0.3) is 0 Å². The molecular weight excluding hydrogens is 376 g/mol. The number of hydrogen-bond donors (Lipinski definition) is 1. The standard InChI is InChI=1S/C30H46O/c1-8-20-18-26(2,3)19-23-21-11-12-25-28(5)14-9-10-24(31)22(28)13-15-30(25,7)29(21,6)17-16-27(20,23)4/h11,22-25,31H,1,9-10,12-19H2,2-7H3/t22-,23-,24+,25+,27-,28-,29+,30+/m0/s1. The lowest BCUT2D eigenvalue weighted by Gasteiger charge is -2.70. The first-order valence-corrected chi connectivity index (χ1v) is 13.2. The normalized spacial score (nSPS) is 53.3. The second-order valence-electron chi connectivity index (χ2n) is 14.0. The molecular formula is C30H46O. The van der Waals surface area contributed by atoms with E-state index < -0.39 is 0 Å². The van der Waals surface area contributed by atoms with Crippen LogP contribution in [0.4, 0.5) is 0 Å². The van der Waals surface area contributed by atoms with Gasteiger partial charge in [-0.25, -0.2) is 0 Å². The molecule has 0 aromatic heterocycles. The number of allylic oxidation sites excluding steroid dienone is 3. The monoisotopic (exact) mass is 422 g/mol. The molecule has 4 fully saturated rings. The molecule has 172 valence electrons. The summed E-state index contributed by atoms with van der Waals surface area (Å²) >= 11 is 0. The van der Waals surface area contributed by atoms with Crippen LogP contribution in [0, 0.1) is 44.8 Å². The van der Waals surface area contributed by atoms with Crippen LogP contribution in [0.2, 0.25) is 0 Å². The van der Waals surface area contributed by atoms with Gasteiger partial charge in [-0.15, -0.1) is 5.73 Å². The van der Waals surface area contributed by atoms with Crippen molar-refractivity contribution in [2.45, 2.75) is 112 Å². The topological polar surface area (TPSA) is 20.2 Å². The Labute approximate surface area is 191 Å². The Kier molecular flexibility index (Phi) is 4.72. The van der Waals surface area contributed by atoms with E-state index in [2.05, 4.69) is 59.9 Å². The highest BCUT2D eigenvalue weighted by atomic mass is 16.3. The van der Waals surface area contributed by atoms with Crippen molar-refractivity contribution in [3.05, 3.63) is 29.5 Å². The molecule has 8 atom stereocenters. The fraction of sp³-hybridized carbons (Fsp3) is 0.833. The van der Waals surface area contributed by atoms with Crippen LogP contribution in [0.25, 0.3) is 0 Å². The lowest BCUT2D eigenvalue weighted by Crippen LogP contribution is -2.62. The first kappa shape index (κ1) is 22.0. The van der Waals surface area contributed by atoms with Crippen LogP contribution >= 0.6 is 0 Å². The third-order valence-corrected chi connectivity index (χ3v) is 12.1. The van der Waals surface area contributed by atoms with Crippen molar-refractivity contribution in [2.75, 3.05) is 0 Å². The first-order chi connectivity index (χ1) is 14.4. The van der Waals surface area contributed by atoms with E-state index in [1.807, 2.05) is 0 Å². The average molecular weight is 423 g/mol. The molecule has 4 saturated carbocycles. The maximum atomic E-state index is 10.9. The van der Waals surface area contributed by atoms with Crippen molar-refractivity contribution in [3.63, 3.8) is 0 Å². The van der Waals surface area contributed by atoms with Gasteiger partial charge in [-0.2, -0.15) is 0 Å². The third-order valence-electron chi connectivity index (χ3n) is 12.1. The van der Waals surface area contributed by atoms with Crippen LogP contribution < -0.4 is 0 Å². The summed E-state index contributed by atoms with van der Waals surface area (Å²) in [5.41, 5.74) is 8.23. The Morgan fingerprint density at radius 2 is 1.74 bits per heavy atom. The Hall–Kier alpha value is -0.780. The Morgan fingerprint density at radius 3 is 2.45 bits per heavy atom. The molecule has 0 unspecified atom stereocenters. The Bertz CT molecular complexity index is 858. The molecule has 0 aromatic carbocycles. The van der Waals surface area contributed by atoms with E-state index in [0.717, 1.165) is 12.8 Å². The molecule has 5 aliphatic rings. The van der Waals surface area contributed by atoms with Gasteiger partial charge in [0.15, 0.2) is 0 Å². The molecule has 1 N–H and O–H groups in total. The molecule has 1 heteroatoms. The zero-order chi connectivity index (χ0) is 22.4. The summed E-state index contributed by atoms with van der Waals surface area (Å²) in [5, 5.41) is 10.9.